The summed E-state index contributed by atoms with van der Waals surface area (Å²) in [7, 11) is 0. The first-order chi connectivity index (χ1) is 12.1. The van der Waals surface area contributed by atoms with Crippen LogP contribution in [0.1, 0.15) is 31.2 Å². The Labute approximate surface area is 154 Å². The molecule has 2 aliphatic heterocycles. The highest BCUT2D eigenvalue weighted by Gasteiger charge is 2.28. The lowest BCUT2D eigenvalue weighted by atomic mass is 9.98. The molecule has 1 N–H and O–H groups in total. The number of hydrogen-bond donors (Lipinski definition) is 1. The van der Waals surface area contributed by atoms with E-state index in [0.29, 0.717) is 6.04 Å². The van der Waals surface area contributed by atoms with Gasteiger partial charge in [0, 0.05) is 54.5 Å². The number of fused-ring (bicyclic) bond motifs is 1. The van der Waals surface area contributed by atoms with Crippen molar-refractivity contribution >= 4 is 28.2 Å². The Morgan fingerprint density at radius 1 is 1.08 bits per heavy atom. The van der Waals surface area contributed by atoms with Gasteiger partial charge in [0.1, 0.15) is 0 Å². The predicted octanol–water partition coefficient (Wildman–Crippen LogP) is 3.62. The van der Waals surface area contributed by atoms with Crippen molar-refractivity contribution in [2.45, 2.75) is 44.8 Å². The van der Waals surface area contributed by atoms with Crippen molar-refractivity contribution in [1.29, 1.82) is 0 Å². The van der Waals surface area contributed by atoms with E-state index in [4.69, 9.17) is 11.6 Å². The summed E-state index contributed by atoms with van der Waals surface area (Å²) in [6, 6.07) is 6.81. The molecule has 4 rings (SSSR count). The normalized spacial score (nSPS) is 21.2. The molecular formula is C20H26ClN3O. The van der Waals surface area contributed by atoms with Crippen molar-refractivity contribution in [3.8, 4) is 0 Å². The van der Waals surface area contributed by atoms with Gasteiger partial charge in [-0.15, -0.1) is 0 Å². The Bertz CT molecular complexity index is 750. The van der Waals surface area contributed by atoms with Crippen molar-refractivity contribution in [2.75, 3.05) is 31.1 Å². The van der Waals surface area contributed by atoms with Crippen LogP contribution >= 0.6 is 11.6 Å². The molecule has 3 heterocycles. The van der Waals surface area contributed by atoms with Gasteiger partial charge in [0.05, 0.1) is 11.6 Å². The summed E-state index contributed by atoms with van der Waals surface area (Å²) < 4.78 is 0. The second kappa shape index (κ2) is 7.10. The van der Waals surface area contributed by atoms with E-state index >= 15 is 0 Å². The van der Waals surface area contributed by atoms with Crippen LogP contribution in [0.15, 0.2) is 24.4 Å². The third-order valence-corrected chi connectivity index (χ3v) is 6.02. The van der Waals surface area contributed by atoms with Crippen LogP contribution in [-0.4, -0.2) is 53.3 Å². The minimum Gasteiger partial charge on any atom is -0.393 e. The highest BCUT2D eigenvalue weighted by Crippen LogP contribution is 2.32. The van der Waals surface area contributed by atoms with Gasteiger partial charge in [-0.2, -0.15) is 0 Å². The second-order valence-electron chi connectivity index (χ2n) is 7.43. The topological polar surface area (TPSA) is 39.6 Å². The van der Waals surface area contributed by atoms with E-state index in [9.17, 15) is 5.11 Å². The number of aryl methyl sites for hydroxylation is 1. The number of hydrogen-bond acceptors (Lipinski definition) is 4. The standard InChI is InChI=1S/C20H26ClN3O/c1-14-12-15(21)13-18-19(2-7-22-20(14)18)24-8-3-16(4-9-24)23-10-5-17(25)6-11-23/h2,7,12-13,16-17,25H,3-6,8-11H2,1H3. The van der Waals surface area contributed by atoms with Crippen LogP contribution in [-0.2, 0) is 0 Å². The van der Waals surface area contributed by atoms with Crippen LogP contribution in [0.5, 0.6) is 0 Å². The van der Waals surface area contributed by atoms with E-state index in [0.717, 1.165) is 60.5 Å². The minimum atomic E-state index is -0.0903. The number of halogens is 1. The van der Waals surface area contributed by atoms with Crippen molar-refractivity contribution in [1.82, 2.24) is 9.88 Å². The Morgan fingerprint density at radius 3 is 2.52 bits per heavy atom. The molecule has 25 heavy (non-hydrogen) atoms. The fraction of sp³-hybridized carbons (Fsp3) is 0.550. The number of aliphatic hydroxyl groups excluding tert-OH is 1. The quantitative estimate of drug-likeness (QED) is 0.888. The highest BCUT2D eigenvalue weighted by atomic mass is 35.5. The zero-order valence-electron chi connectivity index (χ0n) is 14.8. The molecule has 0 unspecified atom stereocenters. The van der Waals surface area contributed by atoms with Crippen LogP contribution in [0.25, 0.3) is 10.9 Å². The highest BCUT2D eigenvalue weighted by molar-refractivity contribution is 6.31. The molecule has 0 saturated carbocycles. The Hall–Kier alpha value is -1.36. The molecule has 1 aromatic carbocycles. The fourth-order valence-corrected chi connectivity index (χ4v) is 4.65. The zero-order chi connectivity index (χ0) is 17.4. The molecule has 1 aromatic heterocycles. The maximum absolute atomic E-state index is 9.71. The number of piperidine rings is 2. The fourth-order valence-electron chi connectivity index (χ4n) is 4.37. The lowest BCUT2D eigenvalue weighted by molar-refractivity contribution is 0.0542. The molecule has 134 valence electrons. The van der Waals surface area contributed by atoms with Crippen molar-refractivity contribution in [3.63, 3.8) is 0 Å². The van der Waals surface area contributed by atoms with Gasteiger partial charge in [0.25, 0.3) is 0 Å². The number of pyridine rings is 1. The molecule has 0 amide bonds. The first-order valence-corrected chi connectivity index (χ1v) is 9.71. The van der Waals surface area contributed by atoms with E-state index in [1.54, 1.807) is 0 Å². The zero-order valence-corrected chi connectivity index (χ0v) is 15.5. The summed E-state index contributed by atoms with van der Waals surface area (Å²) in [5.41, 5.74) is 3.43. The van der Waals surface area contributed by atoms with Crippen molar-refractivity contribution in [3.05, 3.63) is 35.0 Å². The third kappa shape index (κ3) is 3.48. The van der Waals surface area contributed by atoms with Gasteiger partial charge in [0.2, 0.25) is 0 Å². The Kier molecular flexibility index (Phi) is 4.85. The summed E-state index contributed by atoms with van der Waals surface area (Å²) in [6.07, 6.45) is 6.03. The average molecular weight is 360 g/mol. The molecule has 2 aromatic rings. The van der Waals surface area contributed by atoms with Crippen LogP contribution in [0.2, 0.25) is 5.02 Å². The SMILES string of the molecule is Cc1cc(Cl)cc2c(N3CCC(N4CCC(O)CC4)CC3)ccnc12. The molecule has 0 bridgehead atoms. The van der Waals surface area contributed by atoms with Crippen LogP contribution in [0, 0.1) is 6.92 Å². The van der Waals surface area contributed by atoms with Crippen molar-refractivity contribution < 1.29 is 5.11 Å². The Balaban J connectivity index is 1.50. The molecule has 5 heteroatoms. The lowest BCUT2D eigenvalue weighted by Crippen LogP contribution is -2.48. The molecule has 2 fully saturated rings. The first-order valence-electron chi connectivity index (χ1n) is 9.34. The van der Waals surface area contributed by atoms with Gasteiger partial charge in [-0.1, -0.05) is 11.6 Å². The summed E-state index contributed by atoms with van der Waals surface area (Å²) in [4.78, 5) is 9.62. The summed E-state index contributed by atoms with van der Waals surface area (Å²) in [6.45, 7) is 6.28. The number of benzene rings is 1. The van der Waals surface area contributed by atoms with E-state index in [1.165, 1.54) is 18.5 Å². The number of aromatic nitrogens is 1. The van der Waals surface area contributed by atoms with E-state index in [2.05, 4.69) is 27.8 Å². The number of rotatable bonds is 2. The molecule has 0 aliphatic carbocycles. The third-order valence-electron chi connectivity index (χ3n) is 5.80. The number of likely N-dealkylation sites (tertiary alicyclic amines) is 1. The first kappa shape index (κ1) is 17.1. The molecule has 0 atom stereocenters. The summed E-state index contributed by atoms with van der Waals surface area (Å²) >= 11 is 6.30. The summed E-state index contributed by atoms with van der Waals surface area (Å²) in [5.74, 6) is 0. The van der Waals surface area contributed by atoms with Gasteiger partial charge in [-0.05, 0) is 56.4 Å². The largest absolute Gasteiger partial charge is 0.393 e. The summed E-state index contributed by atoms with van der Waals surface area (Å²) in [5, 5.41) is 11.6. The molecule has 0 spiro atoms. The van der Waals surface area contributed by atoms with Crippen molar-refractivity contribution in [2.24, 2.45) is 0 Å². The predicted molar refractivity (Wildman–Crippen MR) is 104 cm³/mol. The van der Waals surface area contributed by atoms with E-state index in [1.807, 2.05) is 18.3 Å². The van der Waals surface area contributed by atoms with Crippen LogP contribution < -0.4 is 4.90 Å². The van der Waals surface area contributed by atoms with E-state index < -0.39 is 0 Å². The number of anilines is 1. The maximum Gasteiger partial charge on any atom is 0.0752 e. The van der Waals surface area contributed by atoms with Gasteiger partial charge in [-0.3, -0.25) is 4.98 Å². The molecule has 0 radical (unpaired) electrons. The molecular weight excluding hydrogens is 334 g/mol. The van der Waals surface area contributed by atoms with E-state index in [-0.39, 0.29) is 6.10 Å². The van der Waals surface area contributed by atoms with Gasteiger partial charge in [0.15, 0.2) is 0 Å². The molecule has 2 saturated heterocycles. The van der Waals surface area contributed by atoms with Crippen LogP contribution in [0.3, 0.4) is 0 Å². The smallest absolute Gasteiger partial charge is 0.0752 e. The van der Waals surface area contributed by atoms with Gasteiger partial charge in [-0.25, -0.2) is 0 Å². The molecule has 4 nitrogen and oxygen atoms in total. The maximum atomic E-state index is 9.71. The molecule has 2 aliphatic rings. The van der Waals surface area contributed by atoms with Crippen LogP contribution in [0.4, 0.5) is 5.69 Å². The average Bonchev–Trinajstić information content (AvgIpc) is 2.62. The lowest BCUT2D eigenvalue weighted by Gasteiger charge is -2.42. The monoisotopic (exact) mass is 359 g/mol. The second-order valence-corrected chi connectivity index (χ2v) is 7.87. The Morgan fingerprint density at radius 2 is 1.80 bits per heavy atom. The number of aliphatic hydroxyl groups is 1. The number of nitrogens with zero attached hydrogens (tertiary/aromatic N) is 3. The van der Waals surface area contributed by atoms with Gasteiger partial charge < -0.3 is 14.9 Å². The van der Waals surface area contributed by atoms with Gasteiger partial charge >= 0.3 is 0 Å². The minimum absolute atomic E-state index is 0.0903.